The monoisotopic (exact) mass is 553 g/mol. The van der Waals surface area contributed by atoms with Gasteiger partial charge in [0.05, 0.1) is 0 Å². The van der Waals surface area contributed by atoms with Crippen LogP contribution in [0.1, 0.15) is 196 Å². The number of hydrogen-bond acceptors (Lipinski definition) is 1. The first kappa shape index (κ1) is 38.2. The van der Waals surface area contributed by atoms with E-state index in [2.05, 4.69) is 41.5 Å². The standard InChI is InChI=1S/C36H76OSi/c1-34(2)28-22-16-10-7-13-19-25-31-38(37,32-26-20-14-8-11-17-23-29-35(3)4)33-27-21-15-9-12-18-24-30-36(5)6/h34-37H,7-33H2,1-6H3. The van der Waals surface area contributed by atoms with Crippen molar-refractivity contribution in [1.82, 2.24) is 0 Å². The fraction of sp³-hybridized carbons (Fsp3) is 1.00. The van der Waals surface area contributed by atoms with Crippen LogP contribution < -0.4 is 0 Å². The lowest BCUT2D eigenvalue weighted by Gasteiger charge is -2.25. The third-order valence-electron chi connectivity index (χ3n) is 8.77. The van der Waals surface area contributed by atoms with Crippen LogP contribution in [0.15, 0.2) is 0 Å². The van der Waals surface area contributed by atoms with Gasteiger partial charge in [-0.3, -0.25) is 0 Å². The Morgan fingerprint density at radius 1 is 0.316 bits per heavy atom. The summed E-state index contributed by atoms with van der Waals surface area (Å²) in [6, 6.07) is 3.56. The molecule has 0 aromatic carbocycles. The van der Waals surface area contributed by atoms with Gasteiger partial charge in [-0.25, -0.2) is 0 Å². The molecule has 0 saturated heterocycles. The van der Waals surface area contributed by atoms with Crippen LogP contribution in [-0.4, -0.2) is 13.1 Å². The van der Waals surface area contributed by atoms with E-state index < -0.39 is 8.32 Å². The van der Waals surface area contributed by atoms with Crippen molar-refractivity contribution in [3.8, 4) is 0 Å². The molecule has 0 spiro atoms. The average Bonchev–Trinajstić information content (AvgIpc) is 2.85. The van der Waals surface area contributed by atoms with Crippen molar-refractivity contribution in [2.75, 3.05) is 0 Å². The van der Waals surface area contributed by atoms with E-state index in [1.54, 1.807) is 0 Å². The molecule has 2 heteroatoms. The first-order valence-electron chi connectivity index (χ1n) is 18.0. The Bertz CT molecular complexity index is 394. The van der Waals surface area contributed by atoms with Gasteiger partial charge in [0.2, 0.25) is 0 Å². The van der Waals surface area contributed by atoms with Crippen LogP contribution in [-0.2, 0) is 0 Å². The van der Waals surface area contributed by atoms with Gasteiger partial charge in [0.25, 0.3) is 0 Å². The van der Waals surface area contributed by atoms with Gasteiger partial charge in [-0.1, -0.05) is 196 Å². The molecule has 0 rings (SSSR count). The summed E-state index contributed by atoms with van der Waals surface area (Å²) in [5.74, 6) is 2.59. The third kappa shape index (κ3) is 29.2. The Morgan fingerprint density at radius 2 is 0.500 bits per heavy atom. The van der Waals surface area contributed by atoms with Crippen molar-refractivity contribution in [2.24, 2.45) is 17.8 Å². The van der Waals surface area contributed by atoms with Gasteiger partial charge in [0, 0.05) is 0 Å². The van der Waals surface area contributed by atoms with E-state index in [4.69, 9.17) is 0 Å². The van der Waals surface area contributed by atoms with E-state index in [0.29, 0.717) is 0 Å². The summed E-state index contributed by atoms with van der Waals surface area (Å²) in [6.45, 7) is 14.1. The highest BCUT2D eigenvalue weighted by molar-refractivity contribution is 6.72. The first-order valence-corrected chi connectivity index (χ1v) is 20.5. The molecular weight excluding hydrogens is 476 g/mol. The summed E-state index contributed by atoms with van der Waals surface area (Å²) in [6.07, 6.45) is 33.3. The van der Waals surface area contributed by atoms with Crippen LogP contribution in [0.25, 0.3) is 0 Å². The minimum absolute atomic E-state index is 0.863. The highest BCUT2D eigenvalue weighted by atomic mass is 28.4. The Morgan fingerprint density at radius 3 is 0.711 bits per heavy atom. The van der Waals surface area contributed by atoms with Gasteiger partial charge in [0.15, 0.2) is 8.32 Å². The largest absolute Gasteiger partial charge is 0.432 e. The maximum atomic E-state index is 11.7. The Balaban J connectivity index is 4.11. The predicted molar refractivity (Wildman–Crippen MR) is 178 cm³/mol. The highest BCUT2D eigenvalue weighted by Crippen LogP contribution is 2.28. The molecular formula is C36H76OSi. The molecule has 38 heavy (non-hydrogen) atoms. The van der Waals surface area contributed by atoms with Crippen molar-refractivity contribution in [3.63, 3.8) is 0 Å². The van der Waals surface area contributed by atoms with Gasteiger partial charge >= 0.3 is 0 Å². The quantitative estimate of drug-likeness (QED) is 0.0693. The lowest BCUT2D eigenvalue weighted by atomic mass is 10.0. The molecule has 0 aliphatic rings. The SMILES string of the molecule is CC(C)CCCCCCCCC[Si](O)(CCCCCCCCCC(C)C)CCCCCCCCCC(C)C. The van der Waals surface area contributed by atoms with Gasteiger partial charge < -0.3 is 4.80 Å². The van der Waals surface area contributed by atoms with Crippen LogP contribution in [0.2, 0.25) is 18.1 Å². The second-order valence-corrected chi connectivity index (χ2v) is 18.4. The zero-order chi connectivity index (χ0) is 28.3. The highest BCUT2D eigenvalue weighted by Gasteiger charge is 2.29. The van der Waals surface area contributed by atoms with Crippen molar-refractivity contribution in [2.45, 2.75) is 214 Å². The van der Waals surface area contributed by atoms with Crippen molar-refractivity contribution >= 4 is 8.32 Å². The maximum Gasteiger partial charge on any atom is 0.188 e. The topological polar surface area (TPSA) is 20.2 Å². The van der Waals surface area contributed by atoms with Gasteiger partial charge in [-0.15, -0.1) is 0 Å². The molecule has 0 aromatic rings. The van der Waals surface area contributed by atoms with Crippen LogP contribution in [0.5, 0.6) is 0 Å². The van der Waals surface area contributed by atoms with Crippen LogP contribution in [0.4, 0.5) is 0 Å². The Labute approximate surface area is 244 Å². The van der Waals surface area contributed by atoms with E-state index in [0.717, 1.165) is 17.8 Å². The smallest absolute Gasteiger partial charge is 0.188 e. The zero-order valence-corrected chi connectivity index (χ0v) is 28.8. The lowest BCUT2D eigenvalue weighted by Crippen LogP contribution is -2.34. The average molecular weight is 553 g/mol. The minimum atomic E-state index is -2.03. The third-order valence-corrected chi connectivity index (χ3v) is 12.6. The minimum Gasteiger partial charge on any atom is -0.432 e. The molecule has 0 heterocycles. The van der Waals surface area contributed by atoms with E-state index in [1.165, 1.54) is 172 Å². The van der Waals surface area contributed by atoms with Crippen molar-refractivity contribution in [3.05, 3.63) is 0 Å². The summed E-state index contributed by atoms with van der Waals surface area (Å²) >= 11 is 0. The normalized spacial score (nSPS) is 12.5. The summed E-state index contributed by atoms with van der Waals surface area (Å²) in [7, 11) is -2.03. The van der Waals surface area contributed by atoms with E-state index in [9.17, 15) is 4.80 Å². The number of hydrogen-bond donors (Lipinski definition) is 1. The summed E-state index contributed by atoms with van der Waals surface area (Å²) in [5.41, 5.74) is 0. The second-order valence-electron chi connectivity index (χ2n) is 14.4. The Kier molecular flexibility index (Phi) is 27.5. The van der Waals surface area contributed by atoms with E-state index >= 15 is 0 Å². The number of rotatable bonds is 30. The predicted octanol–water partition coefficient (Wildman–Crippen LogP) is 13.3. The summed E-state index contributed by atoms with van der Waals surface area (Å²) < 4.78 is 0. The van der Waals surface area contributed by atoms with Gasteiger partial charge in [-0.2, -0.15) is 0 Å². The fourth-order valence-corrected chi connectivity index (χ4v) is 9.52. The second kappa shape index (κ2) is 27.4. The molecule has 0 aromatic heterocycles. The molecule has 0 unspecified atom stereocenters. The molecule has 0 amide bonds. The van der Waals surface area contributed by atoms with Crippen molar-refractivity contribution < 1.29 is 4.80 Å². The van der Waals surface area contributed by atoms with Gasteiger partial charge in [-0.05, 0) is 35.9 Å². The summed E-state index contributed by atoms with van der Waals surface area (Å²) in [5, 5.41) is 0. The van der Waals surface area contributed by atoms with E-state index in [1.807, 2.05) is 0 Å². The van der Waals surface area contributed by atoms with Gasteiger partial charge in [0.1, 0.15) is 0 Å². The van der Waals surface area contributed by atoms with Crippen molar-refractivity contribution in [1.29, 1.82) is 0 Å². The first-order chi connectivity index (χ1) is 18.2. The van der Waals surface area contributed by atoms with Crippen LogP contribution >= 0.6 is 0 Å². The molecule has 0 saturated carbocycles. The zero-order valence-electron chi connectivity index (χ0n) is 27.8. The number of unbranched alkanes of at least 4 members (excludes halogenated alkanes) is 18. The molecule has 0 bridgehead atoms. The molecule has 0 atom stereocenters. The molecule has 230 valence electrons. The molecule has 0 radical (unpaired) electrons. The molecule has 1 N–H and O–H groups in total. The van der Waals surface area contributed by atoms with E-state index in [-0.39, 0.29) is 0 Å². The molecule has 1 nitrogen and oxygen atoms in total. The maximum absolute atomic E-state index is 11.7. The molecule has 0 fully saturated rings. The summed E-state index contributed by atoms with van der Waals surface area (Å²) in [4.78, 5) is 11.7. The molecule has 0 aliphatic heterocycles. The Hall–Kier alpha value is 0.177. The lowest BCUT2D eigenvalue weighted by molar-refractivity contribution is 0.486. The molecule has 0 aliphatic carbocycles. The van der Waals surface area contributed by atoms with Crippen LogP contribution in [0, 0.1) is 17.8 Å². The fourth-order valence-electron chi connectivity index (χ4n) is 6.05. The van der Waals surface area contributed by atoms with Crippen LogP contribution in [0.3, 0.4) is 0 Å².